The molecule has 5 nitrogen and oxygen atoms in total. The number of ether oxygens (including phenoxy) is 1. The highest BCUT2D eigenvalue weighted by Crippen LogP contribution is 2.24. The number of hydrogen-bond donors (Lipinski definition) is 3. The molecule has 0 saturated heterocycles. The molecule has 0 fully saturated rings. The predicted molar refractivity (Wildman–Crippen MR) is 84.7 cm³/mol. The van der Waals surface area contributed by atoms with Gasteiger partial charge in [-0.15, -0.1) is 0 Å². The van der Waals surface area contributed by atoms with Crippen molar-refractivity contribution in [1.29, 1.82) is 0 Å². The number of carbonyl (C=O) groups is 1. The summed E-state index contributed by atoms with van der Waals surface area (Å²) in [6.45, 7) is 3.92. The summed E-state index contributed by atoms with van der Waals surface area (Å²) in [7, 11) is 1.22. The molecule has 1 aromatic rings. The van der Waals surface area contributed by atoms with Gasteiger partial charge in [0.1, 0.15) is 0 Å². The van der Waals surface area contributed by atoms with Gasteiger partial charge < -0.3 is 20.5 Å². The Kier molecular flexibility index (Phi) is 7.22. The molecule has 0 unspecified atom stereocenters. The Balaban J connectivity index is 2.68. The van der Waals surface area contributed by atoms with Crippen molar-refractivity contribution >= 4 is 11.7 Å². The Labute approximate surface area is 135 Å². The van der Waals surface area contributed by atoms with Crippen molar-refractivity contribution in [3.8, 4) is 5.75 Å². The predicted octanol–water partition coefficient (Wildman–Crippen LogP) is 3.43. The number of methoxy groups -OCH3 is 1. The lowest BCUT2D eigenvalue weighted by Crippen LogP contribution is -2.44. The molecule has 1 aromatic carbocycles. The average molecular weight is 330 g/mol. The molecular formula is C16H24F2N2O3. The normalized spacial score (nSPS) is 11.2. The Hall–Kier alpha value is -1.89. The molecule has 0 heterocycles. The quantitative estimate of drug-likeness (QED) is 0.684. The van der Waals surface area contributed by atoms with Gasteiger partial charge in [0.05, 0.1) is 18.4 Å². The maximum atomic E-state index is 13.8. The highest BCUT2D eigenvalue weighted by molar-refractivity contribution is 5.89. The molecule has 0 aromatic heterocycles. The van der Waals surface area contributed by atoms with Gasteiger partial charge in [0.25, 0.3) is 0 Å². The minimum Gasteiger partial charge on any atom is -0.494 e. The first-order valence-electron chi connectivity index (χ1n) is 7.65. The van der Waals surface area contributed by atoms with Crippen molar-refractivity contribution in [2.75, 3.05) is 19.0 Å². The number of hydrogen-bond acceptors (Lipinski definition) is 3. The molecule has 2 amide bonds. The fourth-order valence-corrected chi connectivity index (χ4v) is 2.42. The lowest BCUT2D eigenvalue weighted by Gasteiger charge is -2.27. The van der Waals surface area contributed by atoms with Gasteiger partial charge in [-0.1, -0.05) is 26.7 Å². The van der Waals surface area contributed by atoms with Crippen molar-refractivity contribution in [2.45, 2.75) is 45.1 Å². The van der Waals surface area contributed by atoms with E-state index in [1.165, 1.54) is 7.11 Å². The zero-order valence-electron chi connectivity index (χ0n) is 13.7. The third kappa shape index (κ3) is 5.67. The number of halogens is 2. The standard InChI is InChI=1S/C16H24F2N2O3/c1-4-6-16(22,7-5-2)10-19-15(21)20-13-8-12(18)14(23-3)9-11(13)17/h8-9,22H,4-7,10H2,1-3H3,(H2,19,20,21). The van der Waals surface area contributed by atoms with Crippen LogP contribution in [-0.4, -0.2) is 30.4 Å². The second-order valence-electron chi connectivity index (χ2n) is 5.50. The van der Waals surface area contributed by atoms with E-state index in [0.29, 0.717) is 12.8 Å². The summed E-state index contributed by atoms with van der Waals surface area (Å²) in [4.78, 5) is 11.8. The molecule has 7 heteroatoms. The monoisotopic (exact) mass is 330 g/mol. The lowest BCUT2D eigenvalue weighted by molar-refractivity contribution is 0.0245. The van der Waals surface area contributed by atoms with Crippen LogP contribution in [0.25, 0.3) is 0 Å². The van der Waals surface area contributed by atoms with Crippen LogP contribution in [0.3, 0.4) is 0 Å². The van der Waals surface area contributed by atoms with E-state index in [1.807, 2.05) is 13.8 Å². The fourth-order valence-electron chi connectivity index (χ4n) is 2.42. The summed E-state index contributed by atoms with van der Waals surface area (Å²) in [5.74, 6) is -1.83. The lowest BCUT2D eigenvalue weighted by atomic mass is 9.93. The average Bonchev–Trinajstić information content (AvgIpc) is 2.49. The SMILES string of the molecule is CCCC(O)(CCC)CNC(=O)Nc1cc(F)c(OC)cc1F. The second-order valence-corrected chi connectivity index (χ2v) is 5.50. The van der Waals surface area contributed by atoms with E-state index < -0.39 is 23.3 Å². The Bertz CT molecular complexity index is 532. The molecule has 0 spiro atoms. The number of urea groups is 1. The second kappa shape index (κ2) is 8.67. The van der Waals surface area contributed by atoms with Crippen LogP contribution in [0.4, 0.5) is 19.3 Å². The number of amides is 2. The van der Waals surface area contributed by atoms with Crippen molar-refractivity contribution in [1.82, 2.24) is 5.32 Å². The van der Waals surface area contributed by atoms with Crippen molar-refractivity contribution in [3.63, 3.8) is 0 Å². The Morgan fingerprint density at radius 1 is 1.22 bits per heavy atom. The highest BCUT2D eigenvalue weighted by Gasteiger charge is 2.25. The number of carbonyl (C=O) groups excluding carboxylic acids is 1. The van der Waals surface area contributed by atoms with Gasteiger partial charge in [-0.05, 0) is 12.8 Å². The third-order valence-electron chi connectivity index (χ3n) is 3.50. The first-order chi connectivity index (χ1) is 10.8. The molecule has 0 radical (unpaired) electrons. The van der Waals surface area contributed by atoms with Crippen molar-refractivity contribution in [2.24, 2.45) is 0 Å². The minimum absolute atomic E-state index is 0.0424. The molecule has 130 valence electrons. The molecular weight excluding hydrogens is 306 g/mol. The van der Waals surface area contributed by atoms with Crippen LogP contribution in [0.15, 0.2) is 12.1 Å². The number of benzene rings is 1. The van der Waals surface area contributed by atoms with Crippen LogP contribution < -0.4 is 15.4 Å². The van der Waals surface area contributed by atoms with Crippen molar-refractivity contribution < 1.29 is 23.4 Å². The van der Waals surface area contributed by atoms with Gasteiger partial charge in [0.2, 0.25) is 0 Å². The van der Waals surface area contributed by atoms with E-state index in [0.717, 1.165) is 25.0 Å². The number of aliphatic hydroxyl groups is 1. The Morgan fingerprint density at radius 2 is 1.83 bits per heavy atom. The van der Waals surface area contributed by atoms with Gasteiger partial charge in [-0.25, -0.2) is 13.6 Å². The largest absolute Gasteiger partial charge is 0.494 e. The van der Waals surface area contributed by atoms with E-state index in [4.69, 9.17) is 0 Å². The summed E-state index contributed by atoms with van der Waals surface area (Å²) in [6, 6.07) is 0.993. The van der Waals surface area contributed by atoms with E-state index in [2.05, 4.69) is 15.4 Å². The molecule has 0 atom stereocenters. The highest BCUT2D eigenvalue weighted by atomic mass is 19.1. The van der Waals surface area contributed by atoms with Crippen molar-refractivity contribution in [3.05, 3.63) is 23.8 Å². The fraction of sp³-hybridized carbons (Fsp3) is 0.562. The molecule has 0 aliphatic rings. The molecule has 0 saturated carbocycles. The van der Waals surface area contributed by atoms with Gasteiger partial charge in [-0.2, -0.15) is 0 Å². The maximum Gasteiger partial charge on any atom is 0.319 e. The minimum atomic E-state index is -0.995. The van der Waals surface area contributed by atoms with Crippen LogP contribution in [0.5, 0.6) is 5.75 Å². The number of anilines is 1. The van der Waals surface area contributed by atoms with Gasteiger partial charge in [0, 0.05) is 18.7 Å². The molecule has 0 aliphatic heterocycles. The number of nitrogens with one attached hydrogen (secondary N) is 2. The Morgan fingerprint density at radius 3 is 2.35 bits per heavy atom. The molecule has 0 aliphatic carbocycles. The summed E-state index contributed by atoms with van der Waals surface area (Å²) < 4.78 is 32.0. The van der Waals surface area contributed by atoms with Gasteiger partial charge in [-0.3, -0.25) is 0 Å². The summed E-state index contributed by atoms with van der Waals surface area (Å²) in [5, 5.41) is 15.1. The van der Waals surface area contributed by atoms with Crippen LogP contribution in [0.1, 0.15) is 39.5 Å². The van der Waals surface area contributed by atoms with Crippen LogP contribution >= 0.6 is 0 Å². The topological polar surface area (TPSA) is 70.6 Å². The molecule has 3 N–H and O–H groups in total. The summed E-state index contributed by atoms with van der Waals surface area (Å²) >= 11 is 0. The van der Waals surface area contributed by atoms with E-state index in [9.17, 15) is 18.7 Å². The van der Waals surface area contributed by atoms with Gasteiger partial charge in [0.15, 0.2) is 17.4 Å². The first kappa shape index (κ1) is 19.2. The van der Waals surface area contributed by atoms with E-state index >= 15 is 0 Å². The molecule has 1 rings (SSSR count). The molecule has 23 heavy (non-hydrogen) atoms. The van der Waals surface area contributed by atoms with Crippen LogP contribution in [-0.2, 0) is 0 Å². The van der Waals surface area contributed by atoms with E-state index in [1.54, 1.807) is 0 Å². The van der Waals surface area contributed by atoms with Crippen LogP contribution in [0.2, 0.25) is 0 Å². The van der Waals surface area contributed by atoms with Gasteiger partial charge >= 0.3 is 6.03 Å². The zero-order chi connectivity index (χ0) is 17.5. The molecule has 0 bridgehead atoms. The van der Waals surface area contributed by atoms with Crippen LogP contribution in [0, 0.1) is 11.6 Å². The third-order valence-corrected chi connectivity index (χ3v) is 3.50. The van der Waals surface area contributed by atoms with E-state index in [-0.39, 0.29) is 18.0 Å². The maximum absolute atomic E-state index is 13.8. The zero-order valence-corrected chi connectivity index (χ0v) is 13.7. The number of rotatable bonds is 8. The summed E-state index contributed by atoms with van der Waals surface area (Å²) in [6.07, 6.45) is 2.65. The smallest absolute Gasteiger partial charge is 0.319 e. The first-order valence-corrected chi connectivity index (χ1v) is 7.65. The summed E-state index contributed by atoms with van der Waals surface area (Å²) in [5.41, 5.74) is -1.29.